The molecular weight excluding hydrogens is 342 g/mol. The van der Waals surface area contributed by atoms with Gasteiger partial charge in [-0.3, -0.25) is 9.59 Å². The predicted molar refractivity (Wildman–Crippen MR) is 93.1 cm³/mol. The Balaban J connectivity index is 1.36. The fourth-order valence-electron chi connectivity index (χ4n) is 5.47. The number of hydrogen-bond donors (Lipinski definition) is 2. The highest BCUT2D eigenvalue weighted by molar-refractivity contribution is 6.30. The summed E-state index contributed by atoms with van der Waals surface area (Å²) in [7, 11) is 0. The van der Waals surface area contributed by atoms with Crippen LogP contribution in [0.1, 0.15) is 38.5 Å². The van der Waals surface area contributed by atoms with E-state index in [2.05, 4.69) is 5.32 Å². The highest BCUT2D eigenvalue weighted by Gasteiger charge is 2.60. The Bertz CT molecular complexity index is 688. The van der Waals surface area contributed by atoms with Gasteiger partial charge in [0.1, 0.15) is 0 Å². The molecule has 1 amide bonds. The molecule has 2 N–H and O–H groups in total. The molecule has 5 nitrogen and oxygen atoms in total. The largest absolute Gasteiger partial charge is 0.455 e. The summed E-state index contributed by atoms with van der Waals surface area (Å²) in [5, 5.41) is 14.0. The zero-order chi connectivity index (χ0) is 17.7. The van der Waals surface area contributed by atoms with Crippen LogP contribution in [0.15, 0.2) is 24.3 Å². The number of benzene rings is 1. The van der Waals surface area contributed by atoms with Crippen LogP contribution in [0.3, 0.4) is 0 Å². The summed E-state index contributed by atoms with van der Waals surface area (Å²) in [6.45, 7) is -0.309. The third-order valence-corrected chi connectivity index (χ3v) is 6.18. The molecule has 0 aromatic heterocycles. The Kier molecular flexibility index (Phi) is 4.04. The first-order valence-corrected chi connectivity index (χ1v) is 9.19. The molecule has 4 aliphatic rings. The molecule has 4 aliphatic carbocycles. The number of esters is 1. The summed E-state index contributed by atoms with van der Waals surface area (Å²) in [6.07, 6.45) is 4.75. The molecule has 25 heavy (non-hydrogen) atoms. The number of nitrogens with one attached hydrogen (secondary N) is 1. The van der Waals surface area contributed by atoms with Crippen LogP contribution in [-0.4, -0.2) is 29.2 Å². The number of anilines is 1. The van der Waals surface area contributed by atoms with Crippen molar-refractivity contribution in [1.29, 1.82) is 0 Å². The van der Waals surface area contributed by atoms with Gasteiger partial charge < -0.3 is 15.2 Å². The molecular formula is C19H22ClNO4. The summed E-state index contributed by atoms with van der Waals surface area (Å²) < 4.78 is 5.34. The lowest BCUT2D eigenvalue weighted by molar-refractivity contribution is -0.196. The number of rotatable bonds is 4. The predicted octanol–water partition coefficient (Wildman–Crippen LogP) is 3.15. The molecule has 0 heterocycles. The van der Waals surface area contributed by atoms with E-state index < -0.39 is 11.0 Å². The molecule has 4 fully saturated rings. The Labute approximate surface area is 151 Å². The highest BCUT2D eigenvalue weighted by atomic mass is 35.5. The van der Waals surface area contributed by atoms with Crippen molar-refractivity contribution in [3.05, 3.63) is 29.3 Å². The molecule has 0 radical (unpaired) electrons. The first-order chi connectivity index (χ1) is 11.9. The molecule has 0 spiro atoms. The molecule has 4 bridgehead atoms. The summed E-state index contributed by atoms with van der Waals surface area (Å²) in [5.74, 6) is 0.105. The van der Waals surface area contributed by atoms with Crippen molar-refractivity contribution < 1.29 is 19.4 Å². The Morgan fingerprint density at radius 1 is 1.16 bits per heavy atom. The first kappa shape index (κ1) is 16.9. The number of carbonyl (C=O) groups is 2. The maximum Gasteiger partial charge on any atom is 0.312 e. The smallest absolute Gasteiger partial charge is 0.312 e. The van der Waals surface area contributed by atoms with Crippen molar-refractivity contribution in [3.8, 4) is 0 Å². The molecule has 2 atom stereocenters. The summed E-state index contributed by atoms with van der Waals surface area (Å²) in [4.78, 5) is 24.7. The van der Waals surface area contributed by atoms with Crippen molar-refractivity contribution in [2.75, 3.05) is 11.9 Å². The topological polar surface area (TPSA) is 75.6 Å². The van der Waals surface area contributed by atoms with Crippen LogP contribution in [0.2, 0.25) is 5.02 Å². The normalized spacial score (nSPS) is 35.4. The number of amides is 1. The quantitative estimate of drug-likeness (QED) is 0.806. The molecule has 4 saturated carbocycles. The van der Waals surface area contributed by atoms with Gasteiger partial charge in [0.25, 0.3) is 5.91 Å². The van der Waals surface area contributed by atoms with Crippen LogP contribution in [0.4, 0.5) is 5.69 Å². The van der Waals surface area contributed by atoms with Gasteiger partial charge in [0.2, 0.25) is 0 Å². The van der Waals surface area contributed by atoms with Crippen molar-refractivity contribution in [3.63, 3.8) is 0 Å². The van der Waals surface area contributed by atoms with Gasteiger partial charge in [0.05, 0.1) is 11.0 Å². The summed E-state index contributed by atoms with van der Waals surface area (Å²) in [5.41, 5.74) is -0.705. The van der Waals surface area contributed by atoms with Gasteiger partial charge in [-0.25, -0.2) is 0 Å². The lowest BCUT2D eigenvalue weighted by Gasteiger charge is -2.58. The monoisotopic (exact) mass is 363 g/mol. The van der Waals surface area contributed by atoms with Gasteiger partial charge in [-0.05, 0) is 74.6 Å². The minimum Gasteiger partial charge on any atom is -0.455 e. The van der Waals surface area contributed by atoms with E-state index >= 15 is 0 Å². The van der Waals surface area contributed by atoms with Gasteiger partial charge in [0.15, 0.2) is 6.61 Å². The molecule has 2 unspecified atom stereocenters. The Hall–Kier alpha value is -1.59. The van der Waals surface area contributed by atoms with Gasteiger partial charge in [0, 0.05) is 10.7 Å². The van der Waals surface area contributed by atoms with Gasteiger partial charge in [-0.2, -0.15) is 0 Å². The zero-order valence-electron chi connectivity index (χ0n) is 14.0. The van der Waals surface area contributed by atoms with E-state index in [4.69, 9.17) is 16.3 Å². The Morgan fingerprint density at radius 3 is 2.40 bits per heavy atom. The molecule has 1 aromatic rings. The second-order valence-electron chi connectivity index (χ2n) is 8.10. The van der Waals surface area contributed by atoms with Crippen molar-refractivity contribution in [2.24, 2.45) is 17.3 Å². The average Bonchev–Trinajstić information content (AvgIpc) is 2.52. The fraction of sp³-hybridized carbons (Fsp3) is 0.579. The molecule has 1 aromatic carbocycles. The molecule has 0 saturated heterocycles. The minimum atomic E-state index is -0.714. The average molecular weight is 364 g/mol. The van der Waals surface area contributed by atoms with E-state index in [1.165, 1.54) is 0 Å². The maximum atomic E-state index is 12.7. The van der Waals surface area contributed by atoms with E-state index in [1.807, 2.05) is 0 Å². The first-order valence-electron chi connectivity index (χ1n) is 8.81. The van der Waals surface area contributed by atoms with E-state index in [9.17, 15) is 14.7 Å². The molecule has 134 valence electrons. The van der Waals surface area contributed by atoms with Crippen LogP contribution in [0.25, 0.3) is 0 Å². The van der Waals surface area contributed by atoms with E-state index in [-0.39, 0.29) is 18.5 Å². The number of aliphatic hydroxyl groups is 1. The molecule has 5 rings (SSSR count). The molecule has 0 aliphatic heterocycles. The fourth-order valence-corrected chi connectivity index (χ4v) is 5.59. The molecule has 6 heteroatoms. The van der Waals surface area contributed by atoms with E-state index in [0.717, 1.165) is 32.1 Å². The third-order valence-electron chi connectivity index (χ3n) is 5.93. The summed E-state index contributed by atoms with van der Waals surface area (Å²) >= 11 is 5.81. The maximum absolute atomic E-state index is 12.7. The van der Waals surface area contributed by atoms with Crippen LogP contribution >= 0.6 is 11.6 Å². The second kappa shape index (κ2) is 5.99. The van der Waals surface area contributed by atoms with E-state index in [1.54, 1.807) is 24.3 Å². The van der Waals surface area contributed by atoms with Gasteiger partial charge >= 0.3 is 5.97 Å². The lowest BCUT2D eigenvalue weighted by atomic mass is 9.48. The van der Waals surface area contributed by atoms with E-state index in [0.29, 0.717) is 29.0 Å². The lowest BCUT2D eigenvalue weighted by Crippen LogP contribution is -2.58. The van der Waals surface area contributed by atoms with Crippen molar-refractivity contribution >= 4 is 29.2 Å². The second-order valence-corrected chi connectivity index (χ2v) is 8.53. The van der Waals surface area contributed by atoms with Crippen LogP contribution in [-0.2, 0) is 14.3 Å². The van der Waals surface area contributed by atoms with Crippen LogP contribution in [0, 0.1) is 17.3 Å². The number of ether oxygens (including phenoxy) is 1. The SMILES string of the molecule is O=C(COC(=O)C12CC3CC(CC(O)(C3)C1)C2)Nc1ccc(Cl)cc1. The summed E-state index contributed by atoms with van der Waals surface area (Å²) in [6, 6.07) is 6.74. The zero-order valence-corrected chi connectivity index (χ0v) is 14.7. The van der Waals surface area contributed by atoms with Gasteiger partial charge in [-0.15, -0.1) is 0 Å². The van der Waals surface area contributed by atoms with Crippen LogP contribution in [0.5, 0.6) is 0 Å². The van der Waals surface area contributed by atoms with Crippen LogP contribution < -0.4 is 5.32 Å². The third kappa shape index (κ3) is 3.27. The number of carbonyl (C=O) groups excluding carboxylic acids is 2. The van der Waals surface area contributed by atoms with Crippen molar-refractivity contribution in [1.82, 2.24) is 0 Å². The highest BCUT2D eigenvalue weighted by Crippen LogP contribution is 2.61. The minimum absolute atomic E-state index is 0.309. The Morgan fingerprint density at radius 2 is 1.80 bits per heavy atom. The number of halogens is 1. The number of hydrogen-bond acceptors (Lipinski definition) is 4. The van der Waals surface area contributed by atoms with Gasteiger partial charge in [-0.1, -0.05) is 11.6 Å². The van der Waals surface area contributed by atoms with Crippen molar-refractivity contribution in [2.45, 2.75) is 44.1 Å². The standard InChI is InChI=1S/C19H22ClNO4/c20-14-1-3-15(4-2-14)21-16(22)10-25-17(23)18-6-12-5-13(7-18)9-19(24,8-12)11-18/h1-4,12-13,24H,5-11H2,(H,21,22).